The predicted molar refractivity (Wildman–Crippen MR) is 104 cm³/mol. The Kier molecular flexibility index (Phi) is 4.02. The maximum atomic E-state index is 15.5. The van der Waals surface area contributed by atoms with Crippen LogP contribution in [0.1, 0.15) is 48.3 Å². The summed E-state index contributed by atoms with van der Waals surface area (Å²) in [6.45, 7) is 3.30. The van der Waals surface area contributed by atoms with Crippen molar-refractivity contribution in [3.63, 3.8) is 0 Å². The van der Waals surface area contributed by atoms with Gasteiger partial charge in [0.25, 0.3) is 5.56 Å². The number of rotatable bonds is 3. The molecule has 2 saturated carbocycles. The second-order valence-corrected chi connectivity index (χ2v) is 8.70. The van der Waals surface area contributed by atoms with Crippen LogP contribution in [0, 0.1) is 18.7 Å². The summed E-state index contributed by atoms with van der Waals surface area (Å²) in [6.07, 6.45) is 3.21. The van der Waals surface area contributed by atoms with Gasteiger partial charge in [-0.25, -0.2) is 9.18 Å². The summed E-state index contributed by atoms with van der Waals surface area (Å²) in [5.41, 5.74) is 8.22. The van der Waals surface area contributed by atoms with Gasteiger partial charge in [-0.15, -0.1) is 0 Å². The van der Waals surface area contributed by atoms with Gasteiger partial charge in [0.15, 0.2) is 5.75 Å². The van der Waals surface area contributed by atoms with Gasteiger partial charge in [0.1, 0.15) is 5.82 Å². The Morgan fingerprint density at radius 1 is 1.41 bits per heavy atom. The standard InChI is InChI=1S/C21H24FN3O4/c1-10-17(21-5-4-15(23)13(21)7-24-9-21)14(22)8-25-18(10)12(11-2-3-11)6-16(19(25)26)29-20(27)28/h6,8,11,13,15,24H,2-5,7,9,23H2,1H3,(H,27,28). The molecular weight excluding hydrogens is 377 g/mol. The molecule has 5 rings (SSSR count). The van der Waals surface area contributed by atoms with Gasteiger partial charge in [-0.05, 0) is 61.6 Å². The van der Waals surface area contributed by atoms with E-state index >= 15 is 4.39 Å². The van der Waals surface area contributed by atoms with Crippen LogP contribution in [0.15, 0.2) is 17.1 Å². The van der Waals surface area contributed by atoms with Crippen molar-refractivity contribution < 1.29 is 19.0 Å². The van der Waals surface area contributed by atoms with Gasteiger partial charge < -0.3 is 20.9 Å². The number of hydrogen-bond donors (Lipinski definition) is 3. The summed E-state index contributed by atoms with van der Waals surface area (Å²) in [4.78, 5) is 23.9. The summed E-state index contributed by atoms with van der Waals surface area (Å²) >= 11 is 0. The molecule has 4 N–H and O–H groups in total. The second kappa shape index (κ2) is 6.27. The van der Waals surface area contributed by atoms with E-state index in [1.807, 2.05) is 6.92 Å². The fourth-order valence-corrected chi connectivity index (χ4v) is 5.75. The first kappa shape index (κ1) is 18.6. The lowest BCUT2D eigenvalue weighted by molar-refractivity contribution is 0.143. The third-order valence-corrected chi connectivity index (χ3v) is 7.11. The van der Waals surface area contributed by atoms with E-state index < -0.39 is 17.5 Å². The quantitative estimate of drug-likeness (QED) is 0.682. The minimum Gasteiger partial charge on any atom is -0.449 e. The van der Waals surface area contributed by atoms with Crippen LogP contribution in [0.25, 0.3) is 5.52 Å². The first-order valence-electron chi connectivity index (χ1n) is 10.1. The second-order valence-electron chi connectivity index (χ2n) is 8.70. The van der Waals surface area contributed by atoms with Crippen molar-refractivity contribution in [3.05, 3.63) is 45.1 Å². The highest BCUT2D eigenvalue weighted by Gasteiger charge is 2.53. The van der Waals surface area contributed by atoms with E-state index in [0.717, 1.165) is 43.4 Å². The summed E-state index contributed by atoms with van der Waals surface area (Å²) < 4.78 is 21.5. The Labute approximate surface area is 166 Å². The number of hydrogen-bond acceptors (Lipinski definition) is 5. The average Bonchev–Trinajstić information content (AvgIpc) is 3.34. The summed E-state index contributed by atoms with van der Waals surface area (Å²) in [5, 5.41) is 12.4. The lowest BCUT2D eigenvalue weighted by atomic mass is 9.72. The molecule has 0 radical (unpaired) electrons. The molecule has 1 aliphatic heterocycles. The van der Waals surface area contributed by atoms with Crippen molar-refractivity contribution in [1.82, 2.24) is 9.72 Å². The van der Waals surface area contributed by atoms with E-state index in [0.29, 0.717) is 17.6 Å². The lowest BCUT2D eigenvalue weighted by Crippen LogP contribution is -2.38. The Hall–Kier alpha value is -2.45. The molecule has 0 bridgehead atoms. The molecule has 2 aromatic heterocycles. The molecule has 154 valence electrons. The largest absolute Gasteiger partial charge is 0.511 e. The minimum absolute atomic E-state index is 0.0245. The van der Waals surface area contributed by atoms with Crippen LogP contribution < -0.4 is 21.3 Å². The van der Waals surface area contributed by atoms with E-state index in [-0.39, 0.29) is 29.0 Å². The number of fused-ring (bicyclic) bond motifs is 2. The fraction of sp³-hybridized carbons (Fsp3) is 0.524. The van der Waals surface area contributed by atoms with Crippen LogP contribution in [-0.2, 0) is 5.41 Å². The Balaban J connectivity index is 1.80. The zero-order valence-electron chi connectivity index (χ0n) is 16.2. The molecule has 2 aromatic rings. The molecule has 1 saturated heterocycles. The number of pyridine rings is 2. The SMILES string of the molecule is Cc1c(C23CCC(N)C2CNC3)c(F)cn2c(=O)c(OC(=O)O)cc(C3CC3)c12. The van der Waals surface area contributed by atoms with Crippen LogP contribution in [0.5, 0.6) is 5.75 Å². The highest BCUT2D eigenvalue weighted by molar-refractivity contribution is 5.69. The number of nitrogens with zero attached hydrogens (tertiary/aromatic N) is 1. The maximum Gasteiger partial charge on any atom is 0.511 e. The van der Waals surface area contributed by atoms with Crippen molar-refractivity contribution in [2.75, 3.05) is 13.1 Å². The topological polar surface area (TPSA) is 106 Å². The van der Waals surface area contributed by atoms with E-state index in [4.69, 9.17) is 15.6 Å². The van der Waals surface area contributed by atoms with Gasteiger partial charge in [0.2, 0.25) is 0 Å². The third-order valence-electron chi connectivity index (χ3n) is 7.11. The molecule has 8 heteroatoms. The van der Waals surface area contributed by atoms with Gasteiger partial charge in [0, 0.05) is 36.3 Å². The van der Waals surface area contributed by atoms with Gasteiger partial charge >= 0.3 is 6.16 Å². The van der Waals surface area contributed by atoms with Crippen molar-refractivity contribution in [3.8, 4) is 5.75 Å². The summed E-state index contributed by atoms with van der Waals surface area (Å²) in [5.74, 6) is -0.359. The van der Waals surface area contributed by atoms with Crippen LogP contribution >= 0.6 is 0 Å². The molecule has 0 spiro atoms. The zero-order valence-corrected chi connectivity index (χ0v) is 16.2. The molecular formula is C21H24FN3O4. The van der Waals surface area contributed by atoms with Crippen molar-refractivity contribution in [2.24, 2.45) is 11.7 Å². The molecule has 2 aliphatic carbocycles. The number of aryl methyl sites for hydroxylation is 1. The number of halogens is 1. The normalized spacial score (nSPS) is 28.7. The number of nitrogens with one attached hydrogen (secondary N) is 1. The van der Waals surface area contributed by atoms with Crippen LogP contribution in [0.2, 0.25) is 0 Å². The smallest absolute Gasteiger partial charge is 0.449 e. The van der Waals surface area contributed by atoms with Gasteiger partial charge in [0.05, 0.1) is 5.52 Å². The van der Waals surface area contributed by atoms with Crippen molar-refractivity contribution >= 4 is 11.7 Å². The fourth-order valence-electron chi connectivity index (χ4n) is 5.75. The number of aromatic nitrogens is 1. The van der Waals surface area contributed by atoms with E-state index in [9.17, 15) is 9.59 Å². The molecule has 3 fully saturated rings. The molecule has 3 aliphatic rings. The maximum absolute atomic E-state index is 15.5. The third kappa shape index (κ3) is 2.62. The number of carbonyl (C=O) groups is 1. The van der Waals surface area contributed by atoms with Gasteiger partial charge in [-0.2, -0.15) is 0 Å². The Morgan fingerprint density at radius 3 is 2.86 bits per heavy atom. The highest BCUT2D eigenvalue weighted by Crippen LogP contribution is 2.51. The first-order chi connectivity index (χ1) is 13.8. The number of nitrogens with two attached hydrogens (primary N) is 1. The van der Waals surface area contributed by atoms with Crippen molar-refractivity contribution in [2.45, 2.75) is 50.0 Å². The van der Waals surface area contributed by atoms with E-state index in [2.05, 4.69) is 5.32 Å². The van der Waals surface area contributed by atoms with E-state index in [1.165, 1.54) is 16.7 Å². The number of carboxylic acid groups (broad SMARTS) is 1. The highest BCUT2D eigenvalue weighted by atomic mass is 19.1. The predicted octanol–water partition coefficient (Wildman–Crippen LogP) is 2.26. The van der Waals surface area contributed by atoms with Gasteiger partial charge in [-0.3, -0.25) is 9.20 Å². The molecule has 0 aromatic carbocycles. The zero-order chi connectivity index (χ0) is 20.5. The minimum atomic E-state index is -1.56. The number of ether oxygens (including phenoxy) is 1. The Morgan fingerprint density at radius 2 is 2.17 bits per heavy atom. The summed E-state index contributed by atoms with van der Waals surface area (Å²) in [6, 6.07) is 1.55. The van der Waals surface area contributed by atoms with E-state index in [1.54, 1.807) is 0 Å². The molecule has 0 amide bonds. The lowest BCUT2D eigenvalue weighted by Gasteiger charge is -2.33. The molecule has 7 nitrogen and oxygen atoms in total. The molecule has 3 unspecified atom stereocenters. The van der Waals surface area contributed by atoms with Gasteiger partial charge in [-0.1, -0.05) is 0 Å². The van der Waals surface area contributed by atoms with Crippen LogP contribution in [-0.4, -0.2) is 34.8 Å². The monoisotopic (exact) mass is 401 g/mol. The van der Waals surface area contributed by atoms with Crippen molar-refractivity contribution in [1.29, 1.82) is 0 Å². The molecule has 3 atom stereocenters. The molecule has 29 heavy (non-hydrogen) atoms. The Bertz CT molecular complexity index is 1090. The molecule has 3 heterocycles. The summed E-state index contributed by atoms with van der Waals surface area (Å²) in [7, 11) is 0. The first-order valence-corrected chi connectivity index (χ1v) is 10.1. The van der Waals surface area contributed by atoms with Crippen LogP contribution in [0.3, 0.4) is 0 Å². The van der Waals surface area contributed by atoms with Crippen LogP contribution in [0.4, 0.5) is 9.18 Å². The average molecular weight is 401 g/mol.